The fourth-order valence-corrected chi connectivity index (χ4v) is 3.87. The molecule has 94 valence electrons. The molecule has 3 heteroatoms. The molecule has 1 fully saturated rings. The first-order valence-electron chi connectivity index (χ1n) is 6.27. The minimum Gasteiger partial charge on any atom is -0.352 e. The summed E-state index contributed by atoms with van der Waals surface area (Å²) in [5, 5.41) is 0. The number of fused-ring (bicyclic) bond motifs is 2. The van der Waals surface area contributed by atoms with Gasteiger partial charge in [0.25, 0.3) is 0 Å². The molecule has 0 spiro atoms. The standard InChI is InChI=1S/C15H16O2S/c1-10-13-8-9-15(17-13,11(2)14(10)16)18-12-6-4-3-5-7-12/h3-11,13H,1-2H3/t10-,11-,13+,15-/m1/s1. The van der Waals surface area contributed by atoms with Crippen molar-refractivity contribution in [3.63, 3.8) is 0 Å². The summed E-state index contributed by atoms with van der Waals surface area (Å²) < 4.78 is 6.11. The molecule has 2 nitrogen and oxygen atoms in total. The predicted molar refractivity (Wildman–Crippen MR) is 72.4 cm³/mol. The maximum absolute atomic E-state index is 12.2. The third kappa shape index (κ3) is 1.73. The predicted octanol–water partition coefficient (Wildman–Crippen LogP) is 3.28. The molecule has 1 aromatic carbocycles. The van der Waals surface area contributed by atoms with Gasteiger partial charge in [0.05, 0.1) is 12.0 Å². The summed E-state index contributed by atoms with van der Waals surface area (Å²) >= 11 is 1.64. The first-order valence-corrected chi connectivity index (χ1v) is 7.09. The van der Waals surface area contributed by atoms with Gasteiger partial charge in [0.2, 0.25) is 0 Å². The number of Topliss-reactive ketones (excluding diaryl/α,β-unsaturated/α-hetero) is 1. The van der Waals surface area contributed by atoms with Crippen molar-refractivity contribution < 1.29 is 9.53 Å². The van der Waals surface area contributed by atoms with Crippen LogP contribution in [0, 0.1) is 11.8 Å². The van der Waals surface area contributed by atoms with Gasteiger partial charge in [-0.05, 0) is 18.2 Å². The molecule has 0 N–H and O–H groups in total. The topological polar surface area (TPSA) is 26.3 Å². The van der Waals surface area contributed by atoms with Gasteiger partial charge >= 0.3 is 0 Å². The van der Waals surface area contributed by atoms with E-state index in [1.807, 2.05) is 38.1 Å². The van der Waals surface area contributed by atoms with E-state index in [0.29, 0.717) is 5.78 Å². The fraction of sp³-hybridized carbons (Fsp3) is 0.400. The van der Waals surface area contributed by atoms with Gasteiger partial charge < -0.3 is 4.74 Å². The molecule has 1 aromatic rings. The summed E-state index contributed by atoms with van der Waals surface area (Å²) in [6.45, 7) is 3.93. The Morgan fingerprint density at radius 3 is 2.67 bits per heavy atom. The maximum atomic E-state index is 12.2. The second-order valence-electron chi connectivity index (χ2n) is 4.99. The molecule has 2 aliphatic heterocycles. The van der Waals surface area contributed by atoms with Crippen LogP contribution in [-0.4, -0.2) is 16.8 Å². The van der Waals surface area contributed by atoms with E-state index in [-0.39, 0.29) is 17.9 Å². The zero-order chi connectivity index (χ0) is 12.8. The lowest BCUT2D eigenvalue weighted by Gasteiger charge is -2.40. The molecule has 0 amide bonds. The van der Waals surface area contributed by atoms with E-state index >= 15 is 0 Å². The molecule has 4 atom stereocenters. The molecular formula is C15H16O2S. The zero-order valence-electron chi connectivity index (χ0n) is 10.5. The van der Waals surface area contributed by atoms with Gasteiger partial charge in [-0.2, -0.15) is 0 Å². The van der Waals surface area contributed by atoms with E-state index in [0.717, 1.165) is 4.90 Å². The van der Waals surface area contributed by atoms with Gasteiger partial charge in [-0.1, -0.05) is 49.9 Å². The Bertz CT molecular complexity index is 496. The minimum atomic E-state index is -0.504. The number of ether oxygens (including phenoxy) is 1. The minimum absolute atomic E-state index is 0.0248. The molecule has 18 heavy (non-hydrogen) atoms. The van der Waals surface area contributed by atoms with E-state index in [9.17, 15) is 4.79 Å². The number of carbonyl (C=O) groups excluding carboxylic acids is 1. The van der Waals surface area contributed by atoms with Crippen LogP contribution in [0.1, 0.15) is 13.8 Å². The highest BCUT2D eigenvalue weighted by atomic mass is 32.2. The highest BCUT2D eigenvalue weighted by molar-refractivity contribution is 8.00. The van der Waals surface area contributed by atoms with Crippen molar-refractivity contribution in [1.82, 2.24) is 0 Å². The van der Waals surface area contributed by atoms with Crippen molar-refractivity contribution in [2.24, 2.45) is 11.8 Å². The molecule has 3 rings (SSSR count). The van der Waals surface area contributed by atoms with Crippen LogP contribution in [0.25, 0.3) is 0 Å². The summed E-state index contributed by atoms with van der Waals surface area (Å²) in [7, 11) is 0. The van der Waals surface area contributed by atoms with Gasteiger partial charge in [0.15, 0.2) is 0 Å². The summed E-state index contributed by atoms with van der Waals surface area (Å²) in [5.41, 5.74) is 0. The Kier molecular flexibility index (Phi) is 2.83. The number of benzene rings is 1. The Balaban J connectivity index is 1.91. The SMILES string of the molecule is C[C@@H]1C(=O)[C@H](C)[C@@H]2C=C[C@]1(Sc1ccccc1)O2. The van der Waals surface area contributed by atoms with E-state index in [2.05, 4.69) is 18.2 Å². The molecule has 0 saturated carbocycles. The molecule has 2 bridgehead atoms. The van der Waals surface area contributed by atoms with Crippen molar-refractivity contribution in [1.29, 1.82) is 0 Å². The average Bonchev–Trinajstić information content (AvgIpc) is 2.79. The van der Waals surface area contributed by atoms with E-state index < -0.39 is 4.93 Å². The number of hydrogen-bond donors (Lipinski definition) is 0. The van der Waals surface area contributed by atoms with E-state index in [1.54, 1.807) is 11.8 Å². The smallest absolute Gasteiger partial charge is 0.147 e. The fourth-order valence-electron chi connectivity index (χ4n) is 2.61. The molecule has 2 aliphatic rings. The molecule has 1 saturated heterocycles. The zero-order valence-corrected chi connectivity index (χ0v) is 11.3. The third-order valence-corrected chi connectivity index (χ3v) is 5.24. The monoisotopic (exact) mass is 260 g/mol. The summed E-state index contributed by atoms with van der Waals surface area (Å²) in [6, 6.07) is 10.1. The number of ketones is 1. The van der Waals surface area contributed by atoms with Crippen molar-refractivity contribution in [2.45, 2.75) is 29.8 Å². The third-order valence-electron chi connectivity index (χ3n) is 3.83. The van der Waals surface area contributed by atoms with Crippen LogP contribution in [-0.2, 0) is 9.53 Å². The summed E-state index contributed by atoms with van der Waals surface area (Å²) in [5.74, 6) is 0.177. The normalized spacial score (nSPS) is 38.1. The van der Waals surface area contributed by atoms with Gasteiger partial charge in [0.1, 0.15) is 10.7 Å². The maximum Gasteiger partial charge on any atom is 0.147 e. The highest BCUT2D eigenvalue weighted by Gasteiger charge is 2.52. The van der Waals surface area contributed by atoms with Gasteiger partial charge in [0, 0.05) is 10.8 Å². The largest absolute Gasteiger partial charge is 0.352 e. The van der Waals surface area contributed by atoms with E-state index in [4.69, 9.17) is 4.74 Å². The van der Waals surface area contributed by atoms with Crippen LogP contribution < -0.4 is 0 Å². The van der Waals surface area contributed by atoms with Crippen molar-refractivity contribution >= 4 is 17.5 Å². The molecule has 0 aromatic heterocycles. The van der Waals surface area contributed by atoms with Crippen LogP contribution in [0.2, 0.25) is 0 Å². The molecule has 0 aliphatic carbocycles. The van der Waals surface area contributed by atoms with Crippen LogP contribution in [0.4, 0.5) is 0 Å². The van der Waals surface area contributed by atoms with Crippen molar-refractivity contribution in [3.8, 4) is 0 Å². The Hall–Kier alpha value is -1.06. The van der Waals surface area contributed by atoms with Gasteiger partial charge in [-0.15, -0.1) is 0 Å². The summed E-state index contributed by atoms with van der Waals surface area (Å²) in [4.78, 5) is 12.9. The lowest BCUT2D eigenvalue weighted by Crippen LogP contribution is -2.48. The Morgan fingerprint density at radius 2 is 1.94 bits per heavy atom. The Labute approximate surface area is 111 Å². The second kappa shape index (κ2) is 4.25. The van der Waals surface area contributed by atoms with Gasteiger partial charge in [-0.25, -0.2) is 0 Å². The van der Waals surface area contributed by atoms with Crippen LogP contribution in [0.5, 0.6) is 0 Å². The molecular weight excluding hydrogens is 244 g/mol. The number of rotatable bonds is 2. The number of hydrogen-bond acceptors (Lipinski definition) is 3. The van der Waals surface area contributed by atoms with Crippen LogP contribution in [0.15, 0.2) is 47.4 Å². The lowest BCUT2D eigenvalue weighted by atomic mass is 9.87. The Morgan fingerprint density at radius 1 is 1.22 bits per heavy atom. The lowest BCUT2D eigenvalue weighted by molar-refractivity contribution is -0.146. The first kappa shape index (κ1) is 12.0. The summed E-state index contributed by atoms with van der Waals surface area (Å²) in [6.07, 6.45) is 4.06. The first-order chi connectivity index (χ1) is 8.62. The quantitative estimate of drug-likeness (QED) is 0.763. The number of carbonyl (C=O) groups is 1. The average molecular weight is 260 g/mol. The van der Waals surface area contributed by atoms with Crippen molar-refractivity contribution in [3.05, 3.63) is 42.5 Å². The molecule has 0 radical (unpaired) electrons. The van der Waals surface area contributed by atoms with E-state index in [1.165, 1.54) is 0 Å². The van der Waals surface area contributed by atoms with Crippen molar-refractivity contribution in [2.75, 3.05) is 0 Å². The highest BCUT2D eigenvalue weighted by Crippen LogP contribution is 2.50. The van der Waals surface area contributed by atoms with Crippen LogP contribution >= 0.6 is 11.8 Å². The molecule has 2 heterocycles. The van der Waals surface area contributed by atoms with Gasteiger partial charge in [-0.3, -0.25) is 4.79 Å². The molecule has 0 unspecified atom stereocenters. The van der Waals surface area contributed by atoms with Crippen LogP contribution in [0.3, 0.4) is 0 Å². The second-order valence-corrected chi connectivity index (χ2v) is 6.30. The number of thioether (sulfide) groups is 1.